The van der Waals surface area contributed by atoms with Gasteiger partial charge in [0.05, 0.1) is 19.3 Å². The number of hydrogen-bond acceptors (Lipinski definition) is 4. The standard InChI is InChI=1S/C23H21N3O4/c1-15-23(18-12-17(30-2)8-10-20(18)25(15)14-22(28)29)19-9-11-21(27)26(24-19)13-16-6-4-3-5-7-16/h3-12H,13-14H2,1-2H3,(H,28,29). The van der Waals surface area contributed by atoms with Gasteiger partial charge in [-0.15, -0.1) is 0 Å². The maximum atomic E-state index is 12.4. The van der Waals surface area contributed by atoms with Gasteiger partial charge in [0.1, 0.15) is 12.3 Å². The van der Waals surface area contributed by atoms with E-state index in [4.69, 9.17) is 4.74 Å². The average molecular weight is 403 g/mol. The summed E-state index contributed by atoms with van der Waals surface area (Å²) in [7, 11) is 1.58. The summed E-state index contributed by atoms with van der Waals surface area (Å²) >= 11 is 0. The quantitative estimate of drug-likeness (QED) is 0.534. The predicted molar refractivity (Wildman–Crippen MR) is 114 cm³/mol. The van der Waals surface area contributed by atoms with Crippen molar-refractivity contribution in [2.75, 3.05) is 7.11 Å². The Labute approximate surface area is 172 Å². The molecule has 4 aromatic rings. The van der Waals surface area contributed by atoms with Crippen molar-refractivity contribution in [1.82, 2.24) is 14.3 Å². The summed E-state index contributed by atoms with van der Waals surface area (Å²) in [5.74, 6) is -0.270. The first kappa shape index (κ1) is 19.4. The molecule has 30 heavy (non-hydrogen) atoms. The molecule has 0 bridgehead atoms. The summed E-state index contributed by atoms with van der Waals surface area (Å²) in [6, 6.07) is 18.3. The van der Waals surface area contributed by atoms with Crippen molar-refractivity contribution in [2.45, 2.75) is 20.0 Å². The first-order valence-electron chi connectivity index (χ1n) is 9.49. The Bertz CT molecular complexity index is 1290. The molecule has 1 N–H and O–H groups in total. The van der Waals surface area contributed by atoms with E-state index in [1.54, 1.807) is 23.8 Å². The minimum Gasteiger partial charge on any atom is -0.497 e. The van der Waals surface area contributed by atoms with Crippen molar-refractivity contribution in [3.8, 4) is 17.0 Å². The van der Waals surface area contributed by atoms with Crippen LogP contribution in [0.2, 0.25) is 0 Å². The van der Waals surface area contributed by atoms with Crippen LogP contribution < -0.4 is 10.3 Å². The van der Waals surface area contributed by atoms with Crippen molar-refractivity contribution < 1.29 is 14.6 Å². The van der Waals surface area contributed by atoms with Crippen molar-refractivity contribution in [3.63, 3.8) is 0 Å². The fourth-order valence-electron chi connectivity index (χ4n) is 3.70. The second-order valence-electron chi connectivity index (χ2n) is 7.02. The lowest BCUT2D eigenvalue weighted by atomic mass is 10.1. The second-order valence-corrected chi connectivity index (χ2v) is 7.02. The second kappa shape index (κ2) is 7.87. The lowest BCUT2D eigenvalue weighted by Crippen LogP contribution is -2.22. The van der Waals surface area contributed by atoms with Crippen molar-refractivity contribution in [3.05, 3.63) is 82.3 Å². The number of rotatable bonds is 6. The molecule has 0 aliphatic heterocycles. The molecule has 0 fully saturated rings. The number of ether oxygens (including phenoxy) is 1. The molecular formula is C23H21N3O4. The van der Waals surface area contributed by atoms with E-state index in [1.807, 2.05) is 49.4 Å². The van der Waals surface area contributed by atoms with Crippen molar-refractivity contribution in [1.29, 1.82) is 0 Å². The lowest BCUT2D eigenvalue weighted by molar-refractivity contribution is -0.137. The van der Waals surface area contributed by atoms with Crippen LogP contribution in [0.3, 0.4) is 0 Å². The highest BCUT2D eigenvalue weighted by Crippen LogP contribution is 2.35. The van der Waals surface area contributed by atoms with Crippen molar-refractivity contribution in [2.24, 2.45) is 0 Å². The molecule has 7 nitrogen and oxygen atoms in total. The highest BCUT2D eigenvalue weighted by Gasteiger charge is 2.19. The van der Waals surface area contributed by atoms with E-state index in [2.05, 4.69) is 5.10 Å². The van der Waals surface area contributed by atoms with Crippen LogP contribution in [-0.4, -0.2) is 32.5 Å². The Kier molecular flexibility index (Phi) is 5.10. The van der Waals surface area contributed by atoms with Crippen molar-refractivity contribution >= 4 is 16.9 Å². The van der Waals surface area contributed by atoms with E-state index in [1.165, 1.54) is 10.7 Å². The molecule has 0 unspecified atom stereocenters. The SMILES string of the molecule is COc1ccc2c(c1)c(-c1ccc(=O)n(Cc3ccccc3)n1)c(C)n2CC(=O)O. The number of carboxylic acid groups (broad SMARTS) is 1. The van der Waals surface area contributed by atoms with Gasteiger partial charge < -0.3 is 14.4 Å². The molecule has 0 saturated heterocycles. The number of carboxylic acids is 1. The van der Waals surface area contributed by atoms with Gasteiger partial charge in [-0.2, -0.15) is 5.10 Å². The van der Waals surface area contributed by atoms with E-state index in [0.717, 1.165) is 27.7 Å². The van der Waals surface area contributed by atoms with Gasteiger partial charge in [-0.25, -0.2) is 4.68 Å². The fourth-order valence-corrected chi connectivity index (χ4v) is 3.70. The minimum atomic E-state index is -0.931. The fraction of sp³-hybridized carbons (Fsp3) is 0.174. The zero-order valence-electron chi connectivity index (χ0n) is 16.7. The third-order valence-corrected chi connectivity index (χ3v) is 5.12. The topological polar surface area (TPSA) is 86.4 Å². The van der Waals surface area contributed by atoms with Gasteiger partial charge in [0.2, 0.25) is 0 Å². The van der Waals surface area contributed by atoms with E-state index in [0.29, 0.717) is 18.0 Å². The number of methoxy groups -OCH3 is 1. The summed E-state index contributed by atoms with van der Waals surface area (Å²) in [5, 5.41) is 14.8. The molecule has 7 heteroatoms. The first-order chi connectivity index (χ1) is 14.5. The summed E-state index contributed by atoms with van der Waals surface area (Å²) in [6.45, 7) is 2.04. The number of carbonyl (C=O) groups is 1. The third-order valence-electron chi connectivity index (χ3n) is 5.12. The van der Waals surface area contributed by atoms with Gasteiger partial charge >= 0.3 is 5.97 Å². The summed E-state index contributed by atoms with van der Waals surface area (Å²) in [4.78, 5) is 23.8. The van der Waals surface area contributed by atoms with E-state index >= 15 is 0 Å². The third kappa shape index (κ3) is 3.57. The van der Waals surface area contributed by atoms with Gasteiger partial charge in [-0.3, -0.25) is 9.59 Å². The number of aliphatic carboxylic acids is 1. The normalized spacial score (nSPS) is 11.0. The molecule has 4 rings (SSSR count). The monoisotopic (exact) mass is 403 g/mol. The Balaban J connectivity index is 1.90. The van der Waals surface area contributed by atoms with Crippen LogP contribution in [0.25, 0.3) is 22.2 Å². The summed E-state index contributed by atoms with van der Waals surface area (Å²) in [5.41, 5.74) is 3.69. The Morgan fingerprint density at radius 3 is 2.57 bits per heavy atom. The van der Waals surface area contributed by atoms with Crippen LogP contribution in [0.4, 0.5) is 0 Å². The highest BCUT2D eigenvalue weighted by atomic mass is 16.5. The summed E-state index contributed by atoms with van der Waals surface area (Å²) < 4.78 is 8.52. The predicted octanol–water partition coefficient (Wildman–Crippen LogP) is 3.31. The zero-order chi connectivity index (χ0) is 21.3. The van der Waals surface area contributed by atoms with Crippen LogP contribution >= 0.6 is 0 Å². The van der Waals surface area contributed by atoms with Gasteiger partial charge in [0.25, 0.3) is 5.56 Å². The maximum Gasteiger partial charge on any atom is 0.323 e. The zero-order valence-corrected chi connectivity index (χ0v) is 16.7. The van der Waals surface area contributed by atoms with Crippen LogP contribution in [-0.2, 0) is 17.9 Å². The molecule has 0 saturated carbocycles. The number of nitrogens with zero attached hydrogens (tertiary/aromatic N) is 3. The molecule has 0 spiro atoms. The highest BCUT2D eigenvalue weighted by molar-refractivity contribution is 5.98. The largest absolute Gasteiger partial charge is 0.497 e. The lowest BCUT2D eigenvalue weighted by Gasteiger charge is -2.09. The van der Waals surface area contributed by atoms with Gasteiger partial charge in [-0.1, -0.05) is 30.3 Å². The van der Waals surface area contributed by atoms with Crippen LogP contribution in [0, 0.1) is 6.92 Å². The number of hydrogen-bond donors (Lipinski definition) is 1. The molecule has 0 radical (unpaired) electrons. The van der Waals surface area contributed by atoms with Crippen LogP contribution in [0.15, 0.2) is 65.5 Å². The van der Waals surface area contributed by atoms with E-state index in [9.17, 15) is 14.7 Å². The van der Waals surface area contributed by atoms with Gasteiger partial charge in [0, 0.05) is 28.2 Å². The van der Waals surface area contributed by atoms with E-state index < -0.39 is 5.97 Å². The number of benzene rings is 2. The minimum absolute atomic E-state index is 0.168. The van der Waals surface area contributed by atoms with Crippen LogP contribution in [0.5, 0.6) is 5.75 Å². The Morgan fingerprint density at radius 1 is 1.10 bits per heavy atom. The molecular weight excluding hydrogens is 382 g/mol. The smallest absolute Gasteiger partial charge is 0.323 e. The molecule has 0 amide bonds. The number of fused-ring (bicyclic) bond motifs is 1. The Morgan fingerprint density at radius 2 is 1.87 bits per heavy atom. The van der Waals surface area contributed by atoms with Gasteiger partial charge in [0.15, 0.2) is 0 Å². The molecule has 2 aromatic carbocycles. The first-order valence-corrected chi connectivity index (χ1v) is 9.49. The Hall–Kier alpha value is -3.87. The molecule has 152 valence electrons. The van der Waals surface area contributed by atoms with Crippen LogP contribution in [0.1, 0.15) is 11.3 Å². The molecule has 0 aliphatic carbocycles. The van der Waals surface area contributed by atoms with Gasteiger partial charge in [-0.05, 0) is 36.8 Å². The average Bonchev–Trinajstić information content (AvgIpc) is 3.01. The maximum absolute atomic E-state index is 12.4. The summed E-state index contributed by atoms with van der Waals surface area (Å²) in [6.07, 6.45) is 0. The molecule has 2 aromatic heterocycles. The number of aromatic nitrogens is 3. The molecule has 0 atom stereocenters. The molecule has 2 heterocycles. The van der Waals surface area contributed by atoms with E-state index in [-0.39, 0.29) is 12.1 Å². The molecule has 0 aliphatic rings.